The van der Waals surface area contributed by atoms with E-state index in [1.165, 1.54) is 14.2 Å². The highest BCUT2D eigenvalue weighted by molar-refractivity contribution is 5.95. The molecule has 0 spiro atoms. The molecule has 11 nitrogen and oxygen atoms in total. The van der Waals surface area contributed by atoms with E-state index in [1.54, 1.807) is 42.6 Å². The van der Waals surface area contributed by atoms with E-state index in [0.717, 1.165) is 12.1 Å². The molecule has 44 heavy (non-hydrogen) atoms. The van der Waals surface area contributed by atoms with Crippen molar-refractivity contribution in [2.45, 2.75) is 45.8 Å². The molecule has 0 saturated carbocycles. The number of ether oxygens (including phenoxy) is 3. The molecular formula is C33H41N5O6. The fraction of sp³-hybridized carbons (Fsp3) is 0.394. The average molecular weight is 604 g/mol. The molecule has 2 heterocycles. The molecule has 3 aromatic rings. The van der Waals surface area contributed by atoms with Crippen molar-refractivity contribution in [3.05, 3.63) is 77.6 Å². The van der Waals surface area contributed by atoms with Gasteiger partial charge in [-0.25, -0.2) is 0 Å². The lowest BCUT2D eigenvalue weighted by molar-refractivity contribution is -0.130. The van der Waals surface area contributed by atoms with Crippen LogP contribution in [0.4, 0.5) is 0 Å². The highest BCUT2D eigenvalue weighted by Crippen LogP contribution is 2.37. The minimum Gasteiger partial charge on any atom is -0.496 e. The lowest BCUT2D eigenvalue weighted by Gasteiger charge is -2.26. The molecule has 2 aromatic carbocycles. The molecule has 2 bridgehead atoms. The van der Waals surface area contributed by atoms with E-state index >= 15 is 0 Å². The van der Waals surface area contributed by atoms with Gasteiger partial charge in [0, 0.05) is 24.8 Å². The maximum absolute atomic E-state index is 13.4. The molecule has 4 rings (SSSR count). The van der Waals surface area contributed by atoms with Gasteiger partial charge in [0.25, 0.3) is 5.91 Å². The average Bonchev–Trinajstić information content (AvgIpc) is 3.02. The number of nitrogens with zero attached hydrogens (tertiary/aromatic N) is 2. The second kappa shape index (κ2) is 15.7. The van der Waals surface area contributed by atoms with E-state index in [-0.39, 0.29) is 36.7 Å². The van der Waals surface area contributed by atoms with Crippen LogP contribution in [0.25, 0.3) is 0 Å². The Balaban J connectivity index is 1.64. The van der Waals surface area contributed by atoms with Gasteiger partial charge in [-0.15, -0.1) is 0 Å². The highest BCUT2D eigenvalue weighted by atomic mass is 16.5. The van der Waals surface area contributed by atoms with Gasteiger partial charge in [-0.2, -0.15) is 0 Å². The standard InChI is InChI=1S/C33H41N5O6/c1-22(2)31-33(41)36-19-25-26(42-3)11-9-12-27(25)44-29-18-23(13-14-28(29)43-4)32(40)35-16-7-8-17-38(21-30(39)37-31)20-24-10-5-6-15-34-24/h5-6,9-15,18,22,31H,7-8,16-17,19-21H2,1-4H3,(H,35,40)(H,36,41)(H,37,39)/t31-/m1/s1. The summed E-state index contributed by atoms with van der Waals surface area (Å²) < 4.78 is 17.4. The Morgan fingerprint density at radius 1 is 0.955 bits per heavy atom. The van der Waals surface area contributed by atoms with E-state index in [9.17, 15) is 14.4 Å². The van der Waals surface area contributed by atoms with Gasteiger partial charge in [0.05, 0.1) is 38.6 Å². The molecular weight excluding hydrogens is 562 g/mol. The van der Waals surface area contributed by atoms with Crippen LogP contribution in [0.2, 0.25) is 0 Å². The summed E-state index contributed by atoms with van der Waals surface area (Å²) in [6.07, 6.45) is 3.17. The monoisotopic (exact) mass is 603 g/mol. The van der Waals surface area contributed by atoms with Crippen LogP contribution < -0.4 is 30.2 Å². The molecule has 1 aromatic heterocycles. The molecule has 0 fully saturated rings. The molecule has 1 atom stereocenters. The number of aromatic nitrogens is 1. The summed E-state index contributed by atoms with van der Waals surface area (Å²) >= 11 is 0. The van der Waals surface area contributed by atoms with Crippen LogP contribution >= 0.6 is 0 Å². The predicted octanol–water partition coefficient (Wildman–Crippen LogP) is 3.67. The van der Waals surface area contributed by atoms with Crippen molar-refractivity contribution >= 4 is 17.7 Å². The Hall–Kier alpha value is -4.64. The number of carbonyl (C=O) groups excluding carboxylic acids is 3. The molecule has 0 saturated heterocycles. The zero-order valence-electron chi connectivity index (χ0n) is 25.7. The molecule has 3 N–H and O–H groups in total. The first-order valence-corrected chi connectivity index (χ1v) is 14.8. The number of fused-ring (bicyclic) bond motifs is 3. The number of benzene rings is 2. The van der Waals surface area contributed by atoms with E-state index in [2.05, 4.69) is 20.9 Å². The highest BCUT2D eigenvalue weighted by Gasteiger charge is 2.26. The second-order valence-corrected chi connectivity index (χ2v) is 10.9. The maximum Gasteiger partial charge on any atom is 0.251 e. The topological polar surface area (TPSA) is 131 Å². The first-order chi connectivity index (χ1) is 21.3. The van der Waals surface area contributed by atoms with Crippen LogP contribution in [0.3, 0.4) is 0 Å². The zero-order chi connectivity index (χ0) is 31.5. The third-order valence-electron chi connectivity index (χ3n) is 7.33. The van der Waals surface area contributed by atoms with Gasteiger partial charge in [-0.1, -0.05) is 26.0 Å². The van der Waals surface area contributed by atoms with Crippen LogP contribution in [-0.2, 0) is 22.7 Å². The third-order valence-corrected chi connectivity index (χ3v) is 7.33. The van der Waals surface area contributed by atoms with Crippen molar-refractivity contribution in [2.75, 3.05) is 33.9 Å². The summed E-state index contributed by atoms with van der Waals surface area (Å²) in [6.45, 7) is 5.49. The fourth-order valence-electron chi connectivity index (χ4n) is 4.96. The quantitative estimate of drug-likeness (QED) is 0.403. The van der Waals surface area contributed by atoms with Gasteiger partial charge < -0.3 is 30.2 Å². The number of rotatable bonds is 5. The number of methoxy groups -OCH3 is 2. The minimum absolute atomic E-state index is 0.0750. The van der Waals surface area contributed by atoms with Gasteiger partial charge in [-0.05, 0) is 67.8 Å². The van der Waals surface area contributed by atoms with E-state index < -0.39 is 6.04 Å². The van der Waals surface area contributed by atoms with Crippen molar-refractivity contribution in [3.8, 4) is 23.0 Å². The Bertz CT molecular complexity index is 1430. The van der Waals surface area contributed by atoms with Gasteiger partial charge in [0.2, 0.25) is 11.8 Å². The molecule has 1 aliphatic rings. The summed E-state index contributed by atoms with van der Waals surface area (Å²) in [5.74, 6) is 0.722. The number of pyridine rings is 1. The summed E-state index contributed by atoms with van der Waals surface area (Å²) in [5, 5.41) is 8.85. The van der Waals surface area contributed by atoms with Crippen LogP contribution in [0.5, 0.6) is 23.0 Å². The Morgan fingerprint density at radius 2 is 1.77 bits per heavy atom. The van der Waals surface area contributed by atoms with Gasteiger partial charge in [0.15, 0.2) is 11.5 Å². The summed E-state index contributed by atoms with van der Waals surface area (Å²) in [6, 6.07) is 15.2. The molecule has 3 amide bonds. The SMILES string of the molecule is COc1ccc2cc1Oc1cccc(OC)c1CNC(=O)[C@@H](C(C)C)NC(=O)CN(Cc1ccccn1)CCCCNC2=O. The molecule has 0 unspecified atom stereocenters. The lowest BCUT2D eigenvalue weighted by atomic mass is 10.0. The predicted molar refractivity (Wildman–Crippen MR) is 166 cm³/mol. The zero-order valence-corrected chi connectivity index (χ0v) is 25.7. The number of amides is 3. The van der Waals surface area contributed by atoms with Crippen molar-refractivity contribution in [1.82, 2.24) is 25.8 Å². The number of hydrogen-bond acceptors (Lipinski definition) is 8. The number of nitrogens with one attached hydrogen (secondary N) is 3. The van der Waals surface area contributed by atoms with Gasteiger partial charge >= 0.3 is 0 Å². The molecule has 234 valence electrons. The minimum atomic E-state index is -0.754. The van der Waals surface area contributed by atoms with Crippen LogP contribution in [0.1, 0.15) is 48.3 Å². The molecule has 11 heteroatoms. The van der Waals surface area contributed by atoms with E-state index in [4.69, 9.17) is 14.2 Å². The van der Waals surface area contributed by atoms with Crippen LogP contribution in [0, 0.1) is 5.92 Å². The fourth-order valence-corrected chi connectivity index (χ4v) is 4.96. The smallest absolute Gasteiger partial charge is 0.251 e. The van der Waals surface area contributed by atoms with E-state index in [0.29, 0.717) is 60.2 Å². The Kier molecular flexibility index (Phi) is 11.5. The summed E-state index contributed by atoms with van der Waals surface area (Å²) in [5.41, 5.74) is 1.84. The lowest BCUT2D eigenvalue weighted by Crippen LogP contribution is -2.51. The van der Waals surface area contributed by atoms with Crippen LogP contribution in [0.15, 0.2) is 60.8 Å². The van der Waals surface area contributed by atoms with Crippen molar-refractivity contribution < 1.29 is 28.6 Å². The van der Waals surface area contributed by atoms with E-state index in [1.807, 2.05) is 36.9 Å². The molecule has 1 aliphatic heterocycles. The van der Waals surface area contributed by atoms with Crippen LogP contribution in [-0.4, -0.2) is 67.5 Å². The number of hydrogen-bond donors (Lipinski definition) is 3. The van der Waals surface area contributed by atoms with Gasteiger partial charge in [0.1, 0.15) is 17.5 Å². The first kappa shape index (κ1) is 32.3. The summed E-state index contributed by atoms with van der Waals surface area (Å²) in [4.78, 5) is 46.1. The second-order valence-electron chi connectivity index (χ2n) is 10.9. The Morgan fingerprint density at radius 3 is 2.50 bits per heavy atom. The maximum atomic E-state index is 13.4. The first-order valence-electron chi connectivity index (χ1n) is 14.8. The van der Waals surface area contributed by atoms with Gasteiger partial charge in [-0.3, -0.25) is 24.3 Å². The van der Waals surface area contributed by atoms with Crippen molar-refractivity contribution in [2.24, 2.45) is 5.92 Å². The normalized spacial score (nSPS) is 17.4. The molecule has 0 radical (unpaired) electrons. The molecule has 0 aliphatic carbocycles. The van der Waals surface area contributed by atoms with Crippen molar-refractivity contribution in [1.29, 1.82) is 0 Å². The largest absolute Gasteiger partial charge is 0.496 e. The summed E-state index contributed by atoms with van der Waals surface area (Å²) in [7, 11) is 3.06. The Labute approximate surface area is 258 Å². The van der Waals surface area contributed by atoms with Crippen molar-refractivity contribution in [3.63, 3.8) is 0 Å². The third kappa shape index (κ3) is 8.70. The number of carbonyl (C=O) groups is 3.